The summed E-state index contributed by atoms with van der Waals surface area (Å²) in [6.45, 7) is 5.45. The first-order valence-electron chi connectivity index (χ1n) is 12.0. The number of aliphatic hydroxyl groups is 1. The van der Waals surface area contributed by atoms with Crippen molar-refractivity contribution in [2.45, 2.75) is 50.7 Å². The van der Waals surface area contributed by atoms with E-state index in [0.29, 0.717) is 49.3 Å². The average molecular weight is 531 g/mol. The van der Waals surface area contributed by atoms with E-state index in [2.05, 4.69) is 4.90 Å². The van der Waals surface area contributed by atoms with Gasteiger partial charge in [0.05, 0.1) is 0 Å². The van der Waals surface area contributed by atoms with E-state index in [9.17, 15) is 36.2 Å². The van der Waals surface area contributed by atoms with Crippen LogP contribution in [0.25, 0.3) is 11.1 Å². The van der Waals surface area contributed by atoms with Crippen molar-refractivity contribution in [1.29, 1.82) is 0 Å². The van der Waals surface area contributed by atoms with E-state index in [0.717, 1.165) is 49.2 Å². The molecule has 2 saturated heterocycles. The number of alkyl halides is 6. The van der Waals surface area contributed by atoms with Crippen LogP contribution in [0.5, 0.6) is 0 Å². The zero-order valence-electron chi connectivity index (χ0n) is 20.2. The Morgan fingerprint density at radius 1 is 0.946 bits per heavy atom. The van der Waals surface area contributed by atoms with Gasteiger partial charge in [-0.3, -0.25) is 4.90 Å². The number of carbonyl (C=O) groups is 1. The van der Waals surface area contributed by atoms with Crippen LogP contribution < -0.4 is 0 Å². The molecule has 0 radical (unpaired) electrons. The molecule has 2 aliphatic heterocycles. The molecule has 202 valence electrons. The molecule has 0 atom stereocenters. The molecule has 2 N–H and O–H groups in total. The Hall–Kier alpha value is -2.79. The molecule has 2 aromatic carbocycles. The lowest BCUT2D eigenvalue weighted by Gasteiger charge is -2.52. The van der Waals surface area contributed by atoms with Crippen molar-refractivity contribution in [3.05, 3.63) is 59.2 Å². The lowest BCUT2D eigenvalue weighted by atomic mass is 9.72. The van der Waals surface area contributed by atoms with Crippen molar-refractivity contribution in [2.75, 3.05) is 26.2 Å². The number of carboxylic acid groups (broad SMARTS) is 1. The maximum Gasteiger partial charge on any atom is 0.430 e. The van der Waals surface area contributed by atoms with Crippen molar-refractivity contribution in [1.82, 2.24) is 9.80 Å². The smallest absolute Gasteiger partial charge is 0.430 e. The van der Waals surface area contributed by atoms with Gasteiger partial charge in [0.1, 0.15) is 0 Å². The predicted molar refractivity (Wildman–Crippen MR) is 124 cm³/mol. The second-order valence-corrected chi connectivity index (χ2v) is 10.0. The lowest BCUT2D eigenvalue weighted by Crippen LogP contribution is -2.61. The maximum atomic E-state index is 13.2. The van der Waals surface area contributed by atoms with Gasteiger partial charge in [-0.15, -0.1) is 0 Å². The second kappa shape index (κ2) is 9.50. The molecule has 0 bridgehead atoms. The fraction of sp³-hybridized carbons (Fsp3) is 0.500. The molecule has 1 amide bonds. The van der Waals surface area contributed by atoms with Crippen LogP contribution in [0.15, 0.2) is 42.5 Å². The first kappa shape index (κ1) is 27.3. The van der Waals surface area contributed by atoms with Crippen LogP contribution in [0.2, 0.25) is 0 Å². The van der Waals surface area contributed by atoms with Gasteiger partial charge >= 0.3 is 18.4 Å². The molecule has 1 spiro atoms. The largest absolute Gasteiger partial charge is 0.465 e. The summed E-state index contributed by atoms with van der Waals surface area (Å²) in [6, 6.07) is 9.35. The number of benzene rings is 2. The Bertz CT molecular complexity index is 1120. The van der Waals surface area contributed by atoms with Crippen molar-refractivity contribution in [3.63, 3.8) is 0 Å². The highest BCUT2D eigenvalue weighted by atomic mass is 19.4. The number of rotatable bonds is 5. The van der Waals surface area contributed by atoms with Crippen molar-refractivity contribution < 1.29 is 41.4 Å². The van der Waals surface area contributed by atoms with Gasteiger partial charge in [-0.1, -0.05) is 49.4 Å². The fourth-order valence-corrected chi connectivity index (χ4v) is 5.36. The molecule has 2 heterocycles. The van der Waals surface area contributed by atoms with Crippen LogP contribution in [-0.4, -0.2) is 64.6 Å². The molecular weight excluding hydrogens is 502 g/mol. The first-order valence-corrected chi connectivity index (χ1v) is 12.0. The molecular formula is C26H28F6N2O3. The average Bonchev–Trinajstić information content (AvgIpc) is 2.81. The summed E-state index contributed by atoms with van der Waals surface area (Å²) in [6.07, 6.45) is -10.3. The quantitative estimate of drug-likeness (QED) is 0.480. The van der Waals surface area contributed by atoms with E-state index in [1.807, 2.05) is 25.1 Å². The summed E-state index contributed by atoms with van der Waals surface area (Å²) in [4.78, 5) is 14.8. The van der Waals surface area contributed by atoms with Gasteiger partial charge in [0.2, 0.25) is 0 Å². The molecule has 37 heavy (non-hydrogen) atoms. The van der Waals surface area contributed by atoms with E-state index >= 15 is 0 Å². The molecule has 11 heteroatoms. The molecule has 0 saturated carbocycles. The van der Waals surface area contributed by atoms with Gasteiger partial charge in [-0.05, 0) is 54.6 Å². The SMILES string of the molecule is CCc1cc(CN2CCC3(CC2)CN(C(=O)O)C3)ccc1-c1ccc(C(O)(C(F)(F)F)C(F)(F)F)cc1. The normalized spacial score (nSPS) is 18.6. The lowest BCUT2D eigenvalue weighted by molar-refractivity contribution is -0.376. The molecule has 0 aliphatic carbocycles. The van der Waals surface area contributed by atoms with Crippen molar-refractivity contribution >= 4 is 6.09 Å². The highest BCUT2D eigenvalue weighted by Crippen LogP contribution is 2.50. The van der Waals surface area contributed by atoms with Gasteiger partial charge in [0, 0.05) is 30.6 Å². The molecule has 5 nitrogen and oxygen atoms in total. The number of hydrogen-bond donors (Lipinski definition) is 2. The maximum absolute atomic E-state index is 13.2. The second-order valence-electron chi connectivity index (χ2n) is 10.0. The Morgan fingerprint density at radius 3 is 2.00 bits per heavy atom. The van der Waals surface area contributed by atoms with E-state index in [4.69, 9.17) is 5.11 Å². The topological polar surface area (TPSA) is 64.0 Å². The standard InChI is InChI=1S/C26H28F6N2O3/c1-2-18-13-17(14-33-11-9-23(10-12-33)15-34(16-23)22(35)36)3-8-21(18)19-4-6-20(7-5-19)24(37,25(27,28)29)26(30,31)32/h3-8,13,37H,2,9-12,14-16H2,1H3,(H,35,36). The summed E-state index contributed by atoms with van der Waals surface area (Å²) >= 11 is 0. The van der Waals surface area contributed by atoms with Crippen LogP contribution in [0.3, 0.4) is 0 Å². The van der Waals surface area contributed by atoms with Crippen LogP contribution in [0.1, 0.15) is 36.5 Å². The molecule has 0 aromatic heterocycles. The minimum absolute atomic E-state index is 0.0733. The molecule has 2 fully saturated rings. The summed E-state index contributed by atoms with van der Waals surface area (Å²) in [7, 11) is 0. The fourth-order valence-electron chi connectivity index (χ4n) is 5.36. The third kappa shape index (κ3) is 5.03. The van der Waals surface area contributed by atoms with Crippen molar-refractivity contribution in [3.8, 4) is 11.1 Å². The highest BCUT2D eigenvalue weighted by Gasteiger charge is 2.71. The van der Waals surface area contributed by atoms with Crippen molar-refractivity contribution in [2.24, 2.45) is 5.41 Å². The Morgan fingerprint density at radius 2 is 1.51 bits per heavy atom. The Balaban J connectivity index is 1.47. The van der Waals surface area contributed by atoms with Crippen LogP contribution in [0.4, 0.5) is 31.1 Å². The third-order valence-electron chi connectivity index (χ3n) is 7.63. The van der Waals surface area contributed by atoms with Gasteiger partial charge in [-0.25, -0.2) is 4.79 Å². The first-order chi connectivity index (χ1) is 17.2. The number of aryl methyl sites for hydroxylation is 1. The number of nitrogens with zero attached hydrogens (tertiary/aromatic N) is 2. The molecule has 4 rings (SSSR count). The zero-order valence-corrected chi connectivity index (χ0v) is 20.2. The third-order valence-corrected chi connectivity index (χ3v) is 7.63. The van der Waals surface area contributed by atoms with Crippen LogP contribution in [0, 0.1) is 5.41 Å². The highest BCUT2D eigenvalue weighted by molar-refractivity contribution is 5.68. The van der Waals surface area contributed by atoms with Crippen LogP contribution >= 0.6 is 0 Å². The number of likely N-dealkylation sites (tertiary alicyclic amines) is 2. The Kier molecular flexibility index (Phi) is 7.00. The van der Waals surface area contributed by atoms with E-state index in [1.54, 1.807) is 0 Å². The number of amides is 1. The zero-order chi connectivity index (χ0) is 27.2. The summed E-state index contributed by atoms with van der Waals surface area (Å²) < 4.78 is 79.1. The summed E-state index contributed by atoms with van der Waals surface area (Å²) in [5, 5.41) is 18.7. The molecule has 0 unspecified atom stereocenters. The number of hydrogen-bond acceptors (Lipinski definition) is 3. The van der Waals surface area contributed by atoms with Gasteiger partial charge < -0.3 is 15.1 Å². The van der Waals surface area contributed by atoms with E-state index in [1.165, 1.54) is 4.90 Å². The minimum Gasteiger partial charge on any atom is -0.465 e. The van der Waals surface area contributed by atoms with Crippen LogP contribution in [-0.2, 0) is 18.6 Å². The summed E-state index contributed by atoms with van der Waals surface area (Å²) in [5.74, 6) is 0. The van der Waals surface area contributed by atoms with E-state index < -0.39 is 29.6 Å². The molecule has 2 aliphatic rings. The number of piperidine rings is 1. The van der Waals surface area contributed by atoms with Gasteiger partial charge in [-0.2, -0.15) is 26.3 Å². The van der Waals surface area contributed by atoms with Gasteiger partial charge in [0.15, 0.2) is 0 Å². The van der Waals surface area contributed by atoms with Gasteiger partial charge in [0.25, 0.3) is 5.60 Å². The minimum atomic E-state index is -5.93. The predicted octanol–water partition coefficient (Wildman–Crippen LogP) is 5.80. The number of halogens is 6. The molecule has 2 aromatic rings. The Labute approximate surface area is 210 Å². The monoisotopic (exact) mass is 530 g/mol. The van der Waals surface area contributed by atoms with E-state index in [-0.39, 0.29) is 5.41 Å². The summed E-state index contributed by atoms with van der Waals surface area (Å²) in [5.41, 5.74) is -3.08.